The highest BCUT2D eigenvalue weighted by Crippen LogP contribution is 2.20. The Balaban J connectivity index is 0.00000288. The lowest BCUT2D eigenvalue weighted by Gasteiger charge is -2.21. The second-order valence-corrected chi connectivity index (χ2v) is 8.18. The first-order chi connectivity index (χ1) is 11.0. The van der Waals surface area contributed by atoms with E-state index in [-0.39, 0.29) is 41.8 Å². The van der Waals surface area contributed by atoms with E-state index in [2.05, 4.69) is 10.3 Å². The Bertz CT molecular complexity index is 614. The van der Waals surface area contributed by atoms with Crippen molar-refractivity contribution in [3.8, 4) is 0 Å². The van der Waals surface area contributed by atoms with Crippen molar-refractivity contribution in [2.45, 2.75) is 62.4 Å². The molecule has 1 saturated carbocycles. The molecule has 136 valence electrons. The fraction of sp³-hybridized carbons (Fsp3) is 0.588. The summed E-state index contributed by atoms with van der Waals surface area (Å²) < 4.78 is 24.9. The van der Waals surface area contributed by atoms with Gasteiger partial charge in [0, 0.05) is 6.04 Å². The van der Waals surface area contributed by atoms with Crippen molar-refractivity contribution in [3.63, 3.8) is 0 Å². The standard InChI is InChI=1S/C17H27N3O2S.HI/c1-2-14(13-23(21,22)16-11-7-4-8-12-16)19-17(18)20-15-9-5-3-6-10-15;/h4,7-8,11-12,14-15H,2-3,5-6,9-10,13H2,1H3,(H3,18,19,20);1H. The van der Waals surface area contributed by atoms with Gasteiger partial charge in [-0.1, -0.05) is 44.4 Å². The molecule has 0 aromatic heterocycles. The molecule has 1 aromatic carbocycles. The summed E-state index contributed by atoms with van der Waals surface area (Å²) in [5.74, 6) is 0.390. The van der Waals surface area contributed by atoms with Gasteiger partial charge in [-0.25, -0.2) is 8.42 Å². The van der Waals surface area contributed by atoms with Crippen LogP contribution in [-0.2, 0) is 9.84 Å². The molecule has 0 aliphatic heterocycles. The van der Waals surface area contributed by atoms with Crippen molar-refractivity contribution in [2.24, 2.45) is 10.7 Å². The average molecular weight is 465 g/mol. The smallest absolute Gasteiger partial charge is 0.189 e. The van der Waals surface area contributed by atoms with Gasteiger partial charge in [-0.3, -0.25) is 4.99 Å². The number of rotatable bonds is 6. The Labute approximate surface area is 162 Å². The summed E-state index contributed by atoms with van der Waals surface area (Å²) in [5, 5.41) is 3.09. The van der Waals surface area contributed by atoms with Crippen LogP contribution in [0, 0.1) is 0 Å². The van der Waals surface area contributed by atoms with E-state index >= 15 is 0 Å². The Morgan fingerprint density at radius 2 is 1.88 bits per heavy atom. The molecule has 1 aliphatic carbocycles. The first kappa shape index (κ1) is 21.2. The monoisotopic (exact) mass is 465 g/mol. The topological polar surface area (TPSA) is 84.5 Å². The van der Waals surface area contributed by atoms with Crippen LogP contribution in [0.25, 0.3) is 0 Å². The number of sulfone groups is 1. The van der Waals surface area contributed by atoms with E-state index in [1.165, 1.54) is 19.3 Å². The summed E-state index contributed by atoms with van der Waals surface area (Å²) in [6.07, 6.45) is 6.48. The molecule has 0 saturated heterocycles. The van der Waals surface area contributed by atoms with Crippen molar-refractivity contribution in [1.82, 2.24) is 5.32 Å². The Morgan fingerprint density at radius 1 is 1.25 bits per heavy atom. The van der Waals surface area contributed by atoms with Crippen LogP contribution in [0.5, 0.6) is 0 Å². The minimum Gasteiger partial charge on any atom is -0.370 e. The molecule has 1 unspecified atom stereocenters. The molecule has 1 aliphatic rings. The fourth-order valence-corrected chi connectivity index (χ4v) is 4.52. The zero-order valence-electron chi connectivity index (χ0n) is 14.1. The highest BCUT2D eigenvalue weighted by atomic mass is 127. The van der Waals surface area contributed by atoms with Crippen molar-refractivity contribution < 1.29 is 8.42 Å². The number of hydrogen-bond acceptors (Lipinski definition) is 3. The maximum atomic E-state index is 12.5. The number of nitrogens with one attached hydrogen (secondary N) is 1. The molecule has 0 bridgehead atoms. The highest BCUT2D eigenvalue weighted by molar-refractivity contribution is 14.0. The van der Waals surface area contributed by atoms with Gasteiger partial charge in [-0.05, 0) is 31.4 Å². The molecule has 0 spiro atoms. The molecule has 1 fully saturated rings. The summed E-state index contributed by atoms with van der Waals surface area (Å²) in [6.45, 7) is 1.95. The molecule has 1 atom stereocenters. The summed E-state index contributed by atoms with van der Waals surface area (Å²) in [6, 6.07) is 8.58. The third-order valence-electron chi connectivity index (χ3n) is 4.26. The molecule has 7 heteroatoms. The number of aliphatic imine (C=N–C) groups is 1. The van der Waals surface area contributed by atoms with Crippen LogP contribution in [-0.4, -0.2) is 32.2 Å². The van der Waals surface area contributed by atoms with Gasteiger partial charge in [-0.15, -0.1) is 24.0 Å². The molecule has 0 heterocycles. The minimum absolute atomic E-state index is 0. The van der Waals surface area contributed by atoms with Crippen LogP contribution in [0.2, 0.25) is 0 Å². The molecule has 0 amide bonds. The van der Waals surface area contributed by atoms with Crippen LogP contribution < -0.4 is 11.1 Å². The van der Waals surface area contributed by atoms with Crippen LogP contribution in [0.4, 0.5) is 0 Å². The van der Waals surface area contributed by atoms with Gasteiger partial charge in [0.1, 0.15) is 0 Å². The molecule has 2 rings (SSSR count). The van der Waals surface area contributed by atoms with Gasteiger partial charge in [0.25, 0.3) is 0 Å². The van der Waals surface area contributed by atoms with Gasteiger partial charge in [0.2, 0.25) is 0 Å². The molecule has 5 nitrogen and oxygen atoms in total. The molecule has 24 heavy (non-hydrogen) atoms. The fourth-order valence-electron chi connectivity index (χ4n) is 2.90. The normalized spacial score (nSPS) is 17.8. The van der Waals surface area contributed by atoms with E-state index in [4.69, 9.17) is 5.73 Å². The third kappa shape index (κ3) is 6.58. The van der Waals surface area contributed by atoms with Crippen LogP contribution in [0.15, 0.2) is 40.2 Å². The molecular formula is C17H28IN3O2S. The van der Waals surface area contributed by atoms with E-state index < -0.39 is 9.84 Å². The number of halogens is 1. The average Bonchev–Trinajstić information content (AvgIpc) is 2.55. The number of hydrogen-bond donors (Lipinski definition) is 2. The van der Waals surface area contributed by atoms with Gasteiger partial charge in [-0.2, -0.15) is 0 Å². The number of nitrogens with zero attached hydrogens (tertiary/aromatic N) is 1. The van der Waals surface area contributed by atoms with E-state index in [1.54, 1.807) is 24.3 Å². The largest absolute Gasteiger partial charge is 0.370 e. The van der Waals surface area contributed by atoms with E-state index in [9.17, 15) is 8.42 Å². The number of guanidine groups is 1. The summed E-state index contributed by atoms with van der Waals surface area (Å²) in [5.41, 5.74) is 5.98. The summed E-state index contributed by atoms with van der Waals surface area (Å²) >= 11 is 0. The van der Waals surface area contributed by atoms with Gasteiger partial charge in [0.15, 0.2) is 15.8 Å². The highest BCUT2D eigenvalue weighted by Gasteiger charge is 2.21. The second-order valence-electron chi connectivity index (χ2n) is 6.15. The Morgan fingerprint density at radius 3 is 2.46 bits per heavy atom. The maximum Gasteiger partial charge on any atom is 0.189 e. The zero-order chi connectivity index (χ0) is 16.7. The lowest BCUT2D eigenvalue weighted by molar-refractivity contribution is 0.441. The predicted molar refractivity (Wildman–Crippen MR) is 110 cm³/mol. The maximum absolute atomic E-state index is 12.5. The predicted octanol–water partition coefficient (Wildman–Crippen LogP) is 3.09. The van der Waals surface area contributed by atoms with Crippen molar-refractivity contribution in [1.29, 1.82) is 0 Å². The quantitative estimate of drug-likeness (QED) is 0.384. The molecule has 0 radical (unpaired) electrons. The lowest BCUT2D eigenvalue weighted by atomic mass is 9.96. The molecule has 3 N–H and O–H groups in total. The van der Waals surface area contributed by atoms with Crippen molar-refractivity contribution >= 4 is 39.8 Å². The SMILES string of the molecule is CCC(CS(=O)(=O)c1ccccc1)NC(N)=NC1CCCCC1.I. The van der Waals surface area contributed by atoms with Crippen LogP contribution >= 0.6 is 24.0 Å². The van der Waals surface area contributed by atoms with Crippen molar-refractivity contribution in [2.75, 3.05) is 5.75 Å². The van der Waals surface area contributed by atoms with Crippen LogP contribution in [0.3, 0.4) is 0 Å². The van der Waals surface area contributed by atoms with E-state index in [0.29, 0.717) is 17.3 Å². The van der Waals surface area contributed by atoms with Gasteiger partial charge < -0.3 is 11.1 Å². The van der Waals surface area contributed by atoms with Crippen molar-refractivity contribution in [3.05, 3.63) is 30.3 Å². The third-order valence-corrected chi connectivity index (χ3v) is 6.10. The zero-order valence-corrected chi connectivity index (χ0v) is 17.3. The molecule has 1 aromatic rings. The Hall–Kier alpha value is -0.830. The minimum atomic E-state index is -3.32. The second kappa shape index (κ2) is 10.2. The summed E-state index contributed by atoms with van der Waals surface area (Å²) in [4.78, 5) is 4.87. The van der Waals surface area contributed by atoms with Crippen LogP contribution in [0.1, 0.15) is 45.4 Å². The Kier molecular flexibility index (Phi) is 9.04. The summed E-state index contributed by atoms with van der Waals surface area (Å²) in [7, 11) is -3.32. The number of nitrogens with two attached hydrogens (primary N) is 1. The lowest BCUT2D eigenvalue weighted by Crippen LogP contribution is -2.44. The molecular weight excluding hydrogens is 437 g/mol. The first-order valence-corrected chi connectivity index (χ1v) is 10.0. The first-order valence-electron chi connectivity index (χ1n) is 8.39. The van der Waals surface area contributed by atoms with E-state index in [1.807, 2.05) is 13.0 Å². The van der Waals surface area contributed by atoms with Gasteiger partial charge >= 0.3 is 0 Å². The van der Waals surface area contributed by atoms with E-state index in [0.717, 1.165) is 12.8 Å². The van der Waals surface area contributed by atoms with Gasteiger partial charge in [0.05, 0.1) is 16.7 Å². The number of benzene rings is 1.